The average molecular weight is 247 g/mol. The van der Waals surface area contributed by atoms with E-state index in [1.54, 1.807) is 0 Å². The molecule has 0 amide bonds. The van der Waals surface area contributed by atoms with Crippen molar-refractivity contribution in [2.24, 2.45) is 11.5 Å². The van der Waals surface area contributed by atoms with Crippen LogP contribution in [0.5, 0.6) is 0 Å². The van der Waals surface area contributed by atoms with Gasteiger partial charge in [0.25, 0.3) is 10.4 Å². The van der Waals surface area contributed by atoms with Crippen LogP contribution in [-0.4, -0.2) is 11.0 Å². The van der Waals surface area contributed by atoms with Gasteiger partial charge in [-0.2, -0.15) is 0 Å². The first-order valence-corrected chi connectivity index (χ1v) is 4.29. The summed E-state index contributed by atoms with van der Waals surface area (Å²) in [6.45, 7) is 0. The molecule has 0 rings (SSSR count). The normalized spacial score (nSPS) is 15.2. The second-order valence-corrected chi connectivity index (χ2v) is 3.77. The second-order valence-electron chi connectivity index (χ2n) is 1.75. The Morgan fingerprint density at radius 3 is 1.50 bits per heavy atom. The van der Waals surface area contributed by atoms with Crippen LogP contribution in [0.1, 0.15) is 0 Å². The SMILES string of the molecule is NC(N)=[NH2+].O=[N+]([O-])[N-]S(F)(F)(F)(F)F. The van der Waals surface area contributed by atoms with Crippen molar-refractivity contribution in [3.05, 3.63) is 14.9 Å². The van der Waals surface area contributed by atoms with Crippen LogP contribution < -0.4 is 16.9 Å². The maximum Gasteiger partial charge on any atom is 0.336 e. The van der Waals surface area contributed by atoms with Crippen LogP contribution in [0.25, 0.3) is 4.83 Å². The highest BCUT2D eigenvalue weighted by Crippen LogP contribution is 3.01. The summed E-state index contributed by atoms with van der Waals surface area (Å²) in [4.78, 5) is 9.07. The zero-order valence-electron chi connectivity index (χ0n) is 6.24. The Kier molecular flexibility index (Phi) is 3.21. The zero-order valence-corrected chi connectivity index (χ0v) is 7.06. The van der Waals surface area contributed by atoms with Crippen molar-refractivity contribution in [3.63, 3.8) is 0 Å². The Labute approximate surface area is 73.7 Å². The summed E-state index contributed by atoms with van der Waals surface area (Å²) in [6, 6.07) is 0. The van der Waals surface area contributed by atoms with Crippen LogP contribution in [0, 0.1) is 10.1 Å². The van der Waals surface area contributed by atoms with Gasteiger partial charge >= 0.3 is 5.96 Å². The number of guanidine groups is 1. The third-order valence-electron chi connectivity index (χ3n) is 0.221. The minimum absolute atomic E-state index is 0.0833. The van der Waals surface area contributed by atoms with E-state index >= 15 is 0 Å². The third-order valence-corrected chi connectivity index (χ3v) is 0.663. The summed E-state index contributed by atoms with van der Waals surface area (Å²) in [5, 5.41) is 11.0. The monoisotopic (exact) mass is 247 g/mol. The zero-order chi connectivity index (χ0) is 12.3. The molecule has 0 aliphatic rings. The third kappa shape index (κ3) is 31.4. The minimum atomic E-state index is -10.2. The summed E-state index contributed by atoms with van der Waals surface area (Å²) >= 11 is 0. The van der Waals surface area contributed by atoms with Crippen molar-refractivity contribution in [1.29, 1.82) is 0 Å². The van der Waals surface area contributed by atoms with Gasteiger partial charge in [-0.1, -0.05) is 0 Å². The smallest absolute Gasteiger partial charge is 0.291 e. The van der Waals surface area contributed by atoms with Crippen LogP contribution in [0.2, 0.25) is 0 Å². The topological polar surface area (TPSA) is 135 Å². The minimum Gasteiger partial charge on any atom is -0.291 e. The number of hydrogen-bond donors (Lipinski definition) is 3. The molecule has 0 radical (unpaired) electrons. The Bertz CT molecular complexity index is 240. The fraction of sp³-hybridized carbons (Fsp3) is 0. The molecule has 0 aromatic rings. The van der Waals surface area contributed by atoms with Crippen molar-refractivity contribution in [3.8, 4) is 0 Å². The highest BCUT2D eigenvalue weighted by molar-refractivity contribution is 8.47. The largest absolute Gasteiger partial charge is 0.336 e. The van der Waals surface area contributed by atoms with E-state index in [-0.39, 0.29) is 10.8 Å². The van der Waals surface area contributed by atoms with E-state index in [2.05, 4.69) is 16.9 Å². The van der Waals surface area contributed by atoms with Crippen molar-refractivity contribution in [1.82, 2.24) is 0 Å². The maximum absolute atomic E-state index is 10.9. The van der Waals surface area contributed by atoms with Crippen LogP contribution in [0.15, 0.2) is 0 Å². The van der Waals surface area contributed by atoms with Gasteiger partial charge in [0.15, 0.2) is 0 Å². The summed E-state index contributed by atoms with van der Waals surface area (Å²) in [5.74, 6) is -0.0833. The number of nitrogens with zero attached hydrogens (tertiary/aromatic N) is 2. The molecule has 0 atom stereocenters. The van der Waals surface area contributed by atoms with E-state index in [9.17, 15) is 19.4 Å². The van der Waals surface area contributed by atoms with E-state index < -0.39 is 15.4 Å². The number of nitrogens with two attached hydrogens (primary N) is 3. The Morgan fingerprint density at radius 2 is 1.50 bits per heavy atom. The maximum atomic E-state index is 10.9. The van der Waals surface area contributed by atoms with Gasteiger partial charge in [-0.25, -0.2) is 4.83 Å². The highest BCUT2D eigenvalue weighted by Gasteiger charge is 2.59. The number of nitro groups is 1. The van der Waals surface area contributed by atoms with E-state index in [4.69, 9.17) is 10.1 Å². The molecule has 88 valence electrons. The van der Waals surface area contributed by atoms with Gasteiger partial charge in [0.2, 0.25) is 0 Å². The molecule has 13 heteroatoms. The molecule has 14 heavy (non-hydrogen) atoms. The summed E-state index contributed by atoms with van der Waals surface area (Å²) in [5.41, 5.74) is 9.17. The first-order chi connectivity index (χ1) is 5.62. The van der Waals surface area contributed by atoms with Crippen molar-refractivity contribution >= 4 is 16.4 Å². The lowest BCUT2D eigenvalue weighted by atomic mass is 11.1. The second kappa shape index (κ2) is 3.00. The number of hydrogen-bond acceptors (Lipinski definition) is 2. The quantitative estimate of drug-likeness (QED) is 0.204. The number of rotatable bonds is 2. The lowest BCUT2D eigenvalue weighted by molar-refractivity contribution is -0.416. The van der Waals surface area contributed by atoms with Gasteiger partial charge in [0.05, 0.1) is 0 Å². The fourth-order valence-electron chi connectivity index (χ4n) is 0.126. The van der Waals surface area contributed by atoms with E-state index in [0.29, 0.717) is 0 Å². The first-order valence-electron chi connectivity index (χ1n) is 2.39. The van der Waals surface area contributed by atoms with Crippen LogP contribution in [-0.2, 0) is 0 Å². The van der Waals surface area contributed by atoms with Crippen LogP contribution in [0.3, 0.4) is 0 Å². The lowest BCUT2D eigenvalue weighted by Crippen LogP contribution is -2.51. The molecule has 7 nitrogen and oxygen atoms in total. The van der Waals surface area contributed by atoms with Gasteiger partial charge in [-0.05, 0) is 0 Å². The van der Waals surface area contributed by atoms with Gasteiger partial charge in [-0.15, -0.1) is 19.4 Å². The molecule has 0 saturated heterocycles. The number of halogens is 5. The summed E-state index contributed by atoms with van der Waals surface area (Å²) < 4.78 is 54.3. The van der Waals surface area contributed by atoms with Crippen molar-refractivity contribution < 1.29 is 29.9 Å². The summed E-state index contributed by atoms with van der Waals surface area (Å²) in [7, 11) is -10.2. The summed E-state index contributed by atoms with van der Waals surface area (Å²) in [6.07, 6.45) is 0. The van der Waals surface area contributed by atoms with Gasteiger partial charge in [0.1, 0.15) is 0 Å². The Balaban J connectivity index is 0. The molecule has 0 unspecified atom stereocenters. The molecule has 0 saturated carbocycles. The molecule has 0 aliphatic carbocycles. The molecule has 0 aromatic carbocycles. The van der Waals surface area contributed by atoms with Crippen molar-refractivity contribution in [2.75, 3.05) is 0 Å². The molecule has 0 spiro atoms. The lowest BCUT2D eigenvalue weighted by Gasteiger charge is -2.45. The highest BCUT2D eigenvalue weighted by atomic mass is 32.5. The molecular weight excluding hydrogens is 241 g/mol. The fourth-order valence-corrected chi connectivity index (χ4v) is 0.378. The van der Waals surface area contributed by atoms with Crippen molar-refractivity contribution in [2.45, 2.75) is 0 Å². The molecule has 6 N–H and O–H groups in total. The van der Waals surface area contributed by atoms with Gasteiger partial charge in [0, 0.05) is 5.03 Å². The van der Waals surface area contributed by atoms with E-state index in [1.807, 2.05) is 0 Å². The average Bonchev–Trinajstić information content (AvgIpc) is 1.45. The predicted octanol–water partition coefficient (Wildman–Crippen LogP) is -0.216. The van der Waals surface area contributed by atoms with Gasteiger partial charge in [-0.3, -0.25) is 27.0 Å². The van der Waals surface area contributed by atoms with Crippen LogP contribution >= 0.6 is 10.4 Å². The molecule has 0 bridgehead atoms. The molecular formula is CH6F5N5O2S. The molecule has 0 aliphatic heterocycles. The van der Waals surface area contributed by atoms with Crippen LogP contribution in [0.4, 0.5) is 19.4 Å². The van der Waals surface area contributed by atoms with E-state index in [0.717, 1.165) is 0 Å². The molecule has 0 aromatic heterocycles. The predicted molar refractivity (Wildman–Crippen MR) is 38.8 cm³/mol. The standard InChI is InChI=1S/CH5N3.F5N2O2S/c2-1(3)4;1-10(2,3,4,5)6-7(8)9/h(H5,2,3,4);/q;-1/p+1. The Morgan fingerprint density at radius 1 is 1.29 bits per heavy atom. The first kappa shape index (κ1) is 15.0. The van der Waals surface area contributed by atoms with Gasteiger partial charge < -0.3 is 0 Å². The molecule has 0 fully saturated rings. The van der Waals surface area contributed by atoms with E-state index in [1.165, 1.54) is 0 Å². The molecule has 0 heterocycles. The Hall–Kier alpha value is -1.53.